The molecule has 8 heteroatoms. The van der Waals surface area contributed by atoms with Crippen LogP contribution in [0.5, 0.6) is 0 Å². The highest BCUT2D eigenvalue weighted by molar-refractivity contribution is 9.10. The van der Waals surface area contributed by atoms with Crippen LogP contribution in [0.4, 0.5) is 13.2 Å². The summed E-state index contributed by atoms with van der Waals surface area (Å²) in [5, 5.41) is 5.01. The third-order valence-corrected chi connectivity index (χ3v) is 3.62. The first kappa shape index (κ1) is 18.3. The Kier molecular flexibility index (Phi) is 6.49. The van der Waals surface area contributed by atoms with Gasteiger partial charge in [-0.1, -0.05) is 15.9 Å². The Balaban J connectivity index is 0.00000220. The summed E-state index contributed by atoms with van der Waals surface area (Å²) in [5.41, 5.74) is 0.462. The molecule has 0 radical (unpaired) electrons. The Morgan fingerprint density at radius 1 is 1.48 bits per heavy atom. The molecule has 2 rings (SSSR count). The lowest BCUT2D eigenvalue weighted by atomic mass is 10.1. The number of alkyl halides is 2. The van der Waals surface area contributed by atoms with Gasteiger partial charge in [0.15, 0.2) is 0 Å². The first-order chi connectivity index (χ1) is 9.37. The van der Waals surface area contributed by atoms with Crippen LogP contribution in [0.15, 0.2) is 22.7 Å². The topological polar surface area (TPSA) is 41.1 Å². The number of halogens is 5. The van der Waals surface area contributed by atoms with E-state index in [2.05, 4.69) is 26.6 Å². The Hall–Kier alpha value is -0.790. The summed E-state index contributed by atoms with van der Waals surface area (Å²) in [7, 11) is 0. The molecule has 1 aromatic rings. The summed E-state index contributed by atoms with van der Waals surface area (Å²) in [6.07, 6.45) is -0.190. The van der Waals surface area contributed by atoms with Crippen molar-refractivity contribution in [2.24, 2.45) is 0 Å². The highest BCUT2D eigenvalue weighted by Gasteiger charge is 2.42. The third kappa shape index (κ3) is 5.16. The van der Waals surface area contributed by atoms with Gasteiger partial charge in [-0.3, -0.25) is 10.1 Å². The van der Waals surface area contributed by atoms with Crippen LogP contribution in [0.1, 0.15) is 12.0 Å². The second-order valence-corrected chi connectivity index (χ2v) is 5.69. The Morgan fingerprint density at radius 3 is 2.81 bits per heavy atom. The molecule has 1 aliphatic rings. The van der Waals surface area contributed by atoms with Gasteiger partial charge < -0.3 is 5.32 Å². The second kappa shape index (κ2) is 7.47. The van der Waals surface area contributed by atoms with E-state index in [1.807, 2.05) is 0 Å². The van der Waals surface area contributed by atoms with Crippen LogP contribution in [0, 0.1) is 5.82 Å². The molecular weight excluding hydrogens is 373 g/mol. The average Bonchev–Trinajstić information content (AvgIpc) is 2.74. The van der Waals surface area contributed by atoms with Crippen LogP contribution in [0.3, 0.4) is 0 Å². The van der Waals surface area contributed by atoms with Gasteiger partial charge in [0.25, 0.3) is 5.92 Å². The highest BCUT2D eigenvalue weighted by atomic mass is 79.9. The largest absolute Gasteiger partial charge is 0.354 e. The molecule has 0 spiro atoms. The molecule has 0 saturated carbocycles. The predicted octanol–water partition coefficient (Wildman–Crippen LogP) is 2.67. The number of hydrogen-bond donors (Lipinski definition) is 2. The minimum atomic E-state index is -2.83. The second-order valence-electron chi connectivity index (χ2n) is 4.77. The van der Waals surface area contributed by atoms with Crippen molar-refractivity contribution in [2.45, 2.75) is 24.8 Å². The van der Waals surface area contributed by atoms with Crippen LogP contribution in [-0.2, 0) is 11.2 Å². The maximum absolute atomic E-state index is 13.5. The van der Waals surface area contributed by atoms with E-state index >= 15 is 0 Å². The number of hydrogen-bond acceptors (Lipinski definition) is 2. The molecule has 118 valence electrons. The van der Waals surface area contributed by atoms with Gasteiger partial charge in [0.05, 0.1) is 12.6 Å². The maximum Gasteiger partial charge on any atom is 0.262 e. The van der Waals surface area contributed by atoms with Gasteiger partial charge in [-0.15, -0.1) is 12.4 Å². The molecule has 1 aliphatic heterocycles. The van der Waals surface area contributed by atoms with Crippen LogP contribution in [0.25, 0.3) is 0 Å². The van der Waals surface area contributed by atoms with Crippen LogP contribution >= 0.6 is 28.3 Å². The Bertz CT molecular complexity index is 516. The van der Waals surface area contributed by atoms with Crippen molar-refractivity contribution in [3.05, 3.63) is 34.1 Å². The van der Waals surface area contributed by atoms with E-state index in [0.717, 1.165) is 4.47 Å². The lowest BCUT2D eigenvalue weighted by Gasteiger charge is -2.11. The number of rotatable bonds is 4. The van der Waals surface area contributed by atoms with Crippen molar-refractivity contribution >= 4 is 34.2 Å². The molecule has 1 fully saturated rings. The maximum atomic E-state index is 13.5. The number of nitrogens with one attached hydrogen (secondary N) is 2. The van der Waals surface area contributed by atoms with Crippen molar-refractivity contribution in [2.75, 3.05) is 13.1 Å². The van der Waals surface area contributed by atoms with Crippen molar-refractivity contribution in [1.29, 1.82) is 0 Å². The summed E-state index contributed by atoms with van der Waals surface area (Å²) in [5.74, 6) is -3.66. The zero-order chi connectivity index (χ0) is 14.8. The summed E-state index contributed by atoms with van der Waals surface area (Å²) >= 11 is 3.24. The molecule has 1 amide bonds. The lowest BCUT2D eigenvalue weighted by molar-refractivity contribution is -0.123. The summed E-state index contributed by atoms with van der Waals surface area (Å²) in [4.78, 5) is 11.7. The zero-order valence-corrected chi connectivity index (χ0v) is 13.4. The van der Waals surface area contributed by atoms with Crippen molar-refractivity contribution in [3.63, 3.8) is 0 Å². The number of carbonyl (C=O) groups excluding carboxylic acids is 1. The van der Waals surface area contributed by atoms with Gasteiger partial charge in [-0.2, -0.15) is 0 Å². The van der Waals surface area contributed by atoms with Crippen LogP contribution in [0.2, 0.25) is 0 Å². The van der Waals surface area contributed by atoms with Gasteiger partial charge in [0, 0.05) is 17.4 Å². The van der Waals surface area contributed by atoms with E-state index < -0.39 is 30.8 Å². The van der Waals surface area contributed by atoms with Crippen LogP contribution in [-0.4, -0.2) is 31.0 Å². The minimum absolute atomic E-state index is 0. The first-order valence-corrected chi connectivity index (χ1v) is 6.99. The molecule has 21 heavy (non-hydrogen) atoms. The minimum Gasteiger partial charge on any atom is -0.354 e. The van der Waals surface area contributed by atoms with E-state index in [4.69, 9.17) is 0 Å². The third-order valence-electron chi connectivity index (χ3n) is 3.13. The smallest absolute Gasteiger partial charge is 0.262 e. The lowest BCUT2D eigenvalue weighted by Crippen LogP contribution is -2.41. The summed E-state index contributed by atoms with van der Waals surface area (Å²) in [6, 6.07) is 3.67. The summed E-state index contributed by atoms with van der Waals surface area (Å²) < 4.78 is 40.1. The Morgan fingerprint density at radius 2 is 2.19 bits per heavy atom. The van der Waals surface area contributed by atoms with E-state index in [-0.39, 0.29) is 24.8 Å². The molecular formula is C13H15BrClF3N2O. The van der Waals surface area contributed by atoms with Crippen molar-refractivity contribution in [1.82, 2.24) is 10.6 Å². The Labute approximate surface area is 135 Å². The molecule has 1 saturated heterocycles. The van der Waals surface area contributed by atoms with Gasteiger partial charge in [0.1, 0.15) is 5.82 Å². The van der Waals surface area contributed by atoms with E-state index in [1.54, 1.807) is 12.1 Å². The summed E-state index contributed by atoms with van der Waals surface area (Å²) in [6.45, 7) is -0.276. The molecule has 0 aromatic heterocycles. The van der Waals surface area contributed by atoms with Gasteiger partial charge in [-0.25, -0.2) is 13.2 Å². The molecule has 2 N–H and O–H groups in total. The quantitative estimate of drug-likeness (QED) is 0.834. The average molecular weight is 388 g/mol. The molecule has 3 nitrogen and oxygen atoms in total. The standard InChI is InChI=1S/C13H14BrF3N2O.ClH/c14-9-1-2-10(15)8(5-9)3-4-18-12(20)11-6-13(16,17)7-19-11;/h1-2,5,11,19H,3-4,6-7H2,(H,18,20);1H. The molecule has 0 bridgehead atoms. The zero-order valence-electron chi connectivity index (χ0n) is 11.0. The van der Waals surface area contributed by atoms with E-state index in [9.17, 15) is 18.0 Å². The number of carbonyl (C=O) groups is 1. The fourth-order valence-corrected chi connectivity index (χ4v) is 2.49. The van der Waals surface area contributed by atoms with Crippen molar-refractivity contribution < 1.29 is 18.0 Å². The highest BCUT2D eigenvalue weighted by Crippen LogP contribution is 2.25. The van der Waals surface area contributed by atoms with E-state index in [1.165, 1.54) is 6.07 Å². The van der Waals surface area contributed by atoms with Gasteiger partial charge in [-0.05, 0) is 30.2 Å². The predicted molar refractivity (Wildman–Crippen MR) is 79.4 cm³/mol. The molecule has 0 aliphatic carbocycles. The molecule has 1 unspecified atom stereocenters. The number of amides is 1. The first-order valence-electron chi connectivity index (χ1n) is 6.20. The van der Waals surface area contributed by atoms with Crippen molar-refractivity contribution in [3.8, 4) is 0 Å². The molecule has 1 aromatic carbocycles. The monoisotopic (exact) mass is 386 g/mol. The number of benzene rings is 1. The van der Waals surface area contributed by atoms with Crippen LogP contribution < -0.4 is 10.6 Å². The van der Waals surface area contributed by atoms with Gasteiger partial charge >= 0.3 is 0 Å². The van der Waals surface area contributed by atoms with Gasteiger partial charge in [0.2, 0.25) is 5.91 Å². The fourth-order valence-electron chi connectivity index (χ4n) is 2.08. The SMILES string of the molecule is Cl.O=C(NCCc1cc(Br)ccc1F)C1CC(F)(F)CN1. The molecule has 1 heterocycles. The molecule has 1 atom stereocenters. The fraction of sp³-hybridized carbons (Fsp3) is 0.462. The normalized spacial score (nSPS) is 19.9. The van der Waals surface area contributed by atoms with E-state index in [0.29, 0.717) is 12.0 Å².